The highest BCUT2D eigenvalue weighted by Gasteiger charge is 2.33. The Morgan fingerprint density at radius 3 is 2.12 bits per heavy atom. The predicted molar refractivity (Wildman–Crippen MR) is 136 cm³/mol. The number of quaternary nitrogens is 1. The average molecular weight is 455 g/mol. The van der Waals surface area contributed by atoms with Gasteiger partial charge in [-0.2, -0.15) is 0 Å². The highest BCUT2D eigenvalue weighted by atomic mass is 16.7. The Morgan fingerprint density at radius 1 is 0.848 bits per heavy atom. The number of likely N-dealkylation sites (N-methyl/N-ethyl adjacent to an activating group) is 1. The second-order valence-corrected chi connectivity index (χ2v) is 9.65. The van der Waals surface area contributed by atoms with Gasteiger partial charge in [0.15, 0.2) is 6.04 Å². The molecule has 2 aromatic carbocycles. The van der Waals surface area contributed by atoms with Crippen molar-refractivity contribution < 1.29 is 18.8 Å². The zero-order valence-corrected chi connectivity index (χ0v) is 21.4. The van der Waals surface area contributed by atoms with Gasteiger partial charge in [-0.05, 0) is 37.5 Å². The number of esters is 1. The highest BCUT2D eigenvalue weighted by molar-refractivity contribution is 5.74. The van der Waals surface area contributed by atoms with Crippen molar-refractivity contribution in [3.63, 3.8) is 0 Å². The standard InChI is InChI=1S/C29H44NO3/c1-6-8-9-10-11-13-16-25-19-21-27(22-20-25)32-28(7-2)33-29(31)24(3)30(4,5)23-26-17-14-12-15-18-26/h12,14-15,17-22,24,28H,6-11,13,16,23H2,1-5H3/q+1. The van der Waals surface area contributed by atoms with Crippen LogP contribution in [0.25, 0.3) is 0 Å². The van der Waals surface area contributed by atoms with E-state index in [0.29, 0.717) is 10.9 Å². The molecule has 0 fully saturated rings. The smallest absolute Gasteiger partial charge is 0.367 e. The van der Waals surface area contributed by atoms with E-state index >= 15 is 0 Å². The quantitative estimate of drug-likeness (QED) is 0.127. The van der Waals surface area contributed by atoms with Crippen molar-refractivity contribution in [2.24, 2.45) is 0 Å². The van der Waals surface area contributed by atoms with Gasteiger partial charge in [0.1, 0.15) is 12.3 Å². The van der Waals surface area contributed by atoms with Gasteiger partial charge in [-0.3, -0.25) is 0 Å². The van der Waals surface area contributed by atoms with Crippen molar-refractivity contribution in [3.05, 3.63) is 65.7 Å². The van der Waals surface area contributed by atoms with Crippen molar-refractivity contribution in [1.29, 1.82) is 0 Å². The SMILES string of the molecule is CCCCCCCCc1ccc(OC(CC)OC(=O)C(C)[N+](C)(C)Cc2ccccc2)cc1. The largest absolute Gasteiger partial charge is 0.455 e. The zero-order valence-electron chi connectivity index (χ0n) is 21.4. The number of benzene rings is 2. The second kappa shape index (κ2) is 14.0. The highest BCUT2D eigenvalue weighted by Crippen LogP contribution is 2.20. The van der Waals surface area contributed by atoms with E-state index in [1.807, 2.05) is 44.2 Å². The van der Waals surface area contributed by atoms with E-state index in [-0.39, 0.29) is 12.0 Å². The molecule has 2 rings (SSSR count). The third-order valence-electron chi connectivity index (χ3n) is 6.41. The van der Waals surface area contributed by atoms with E-state index in [9.17, 15) is 4.79 Å². The summed E-state index contributed by atoms with van der Waals surface area (Å²) in [5.41, 5.74) is 2.53. The van der Waals surface area contributed by atoms with Gasteiger partial charge in [-0.25, -0.2) is 4.79 Å². The minimum absolute atomic E-state index is 0.234. The molecule has 2 aromatic rings. The van der Waals surface area contributed by atoms with E-state index in [2.05, 4.69) is 45.3 Å². The monoisotopic (exact) mass is 454 g/mol. The molecule has 0 aliphatic carbocycles. The number of aryl methyl sites for hydroxylation is 1. The van der Waals surface area contributed by atoms with Crippen LogP contribution in [0.15, 0.2) is 54.6 Å². The summed E-state index contributed by atoms with van der Waals surface area (Å²) < 4.78 is 12.3. The molecule has 0 amide bonds. The molecule has 0 saturated carbocycles. The summed E-state index contributed by atoms with van der Waals surface area (Å²) in [6, 6.07) is 18.2. The minimum atomic E-state index is -0.582. The average Bonchev–Trinajstić information content (AvgIpc) is 2.81. The number of ether oxygens (including phenoxy) is 2. The number of rotatable bonds is 15. The lowest BCUT2D eigenvalue weighted by atomic mass is 10.0. The van der Waals surface area contributed by atoms with Crippen LogP contribution in [0, 0.1) is 0 Å². The number of nitrogens with zero attached hydrogens (tertiary/aromatic N) is 1. The third-order valence-corrected chi connectivity index (χ3v) is 6.41. The van der Waals surface area contributed by atoms with Gasteiger partial charge in [0.25, 0.3) is 0 Å². The number of hydrogen-bond donors (Lipinski definition) is 0. The van der Waals surface area contributed by atoms with Crippen molar-refractivity contribution >= 4 is 5.97 Å². The van der Waals surface area contributed by atoms with Crippen LogP contribution in [-0.2, 0) is 22.5 Å². The minimum Gasteiger partial charge on any atom is -0.455 e. The molecule has 0 aliphatic heterocycles. The first kappa shape index (κ1) is 26.9. The van der Waals surface area contributed by atoms with Gasteiger partial charge in [0.2, 0.25) is 6.29 Å². The van der Waals surface area contributed by atoms with Gasteiger partial charge in [0, 0.05) is 12.0 Å². The van der Waals surface area contributed by atoms with Crippen LogP contribution in [0.3, 0.4) is 0 Å². The lowest BCUT2D eigenvalue weighted by Gasteiger charge is -2.35. The van der Waals surface area contributed by atoms with Crippen LogP contribution in [0.5, 0.6) is 5.75 Å². The van der Waals surface area contributed by atoms with Crippen LogP contribution >= 0.6 is 0 Å². The van der Waals surface area contributed by atoms with Crippen LogP contribution in [0.2, 0.25) is 0 Å². The van der Waals surface area contributed by atoms with Crippen LogP contribution in [-0.4, -0.2) is 36.9 Å². The Morgan fingerprint density at radius 2 is 1.48 bits per heavy atom. The molecular weight excluding hydrogens is 410 g/mol. The third kappa shape index (κ3) is 9.59. The number of hydrogen-bond acceptors (Lipinski definition) is 3. The summed E-state index contributed by atoms with van der Waals surface area (Å²) in [5, 5.41) is 0. The molecule has 0 radical (unpaired) electrons. The molecule has 4 heteroatoms. The summed E-state index contributed by atoms with van der Waals surface area (Å²) in [5.74, 6) is 0.509. The van der Waals surface area contributed by atoms with E-state index in [1.165, 1.54) is 49.7 Å². The fraction of sp³-hybridized carbons (Fsp3) is 0.552. The predicted octanol–water partition coefficient (Wildman–Crippen LogP) is 6.91. The van der Waals surface area contributed by atoms with Crippen molar-refractivity contribution in [2.75, 3.05) is 14.1 Å². The Labute approximate surface area is 201 Å². The molecule has 0 N–H and O–H groups in total. The van der Waals surface area contributed by atoms with E-state index in [1.54, 1.807) is 0 Å². The summed E-state index contributed by atoms with van der Waals surface area (Å²) in [7, 11) is 4.12. The van der Waals surface area contributed by atoms with Crippen LogP contribution in [0.4, 0.5) is 0 Å². The van der Waals surface area contributed by atoms with Crippen molar-refractivity contribution in [2.45, 2.75) is 91.0 Å². The summed E-state index contributed by atoms with van der Waals surface area (Å²) in [4.78, 5) is 12.9. The molecule has 0 bridgehead atoms. The maximum Gasteiger partial charge on any atom is 0.367 e. The molecule has 2 atom stereocenters. The summed E-state index contributed by atoms with van der Waals surface area (Å²) in [6.07, 6.45) is 8.96. The van der Waals surface area contributed by atoms with Gasteiger partial charge in [-0.1, -0.05) is 88.4 Å². The summed E-state index contributed by atoms with van der Waals surface area (Å²) >= 11 is 0. The molecule has 0 spiro atoms. The number of unbranched alkanes of at least 4 members (excludes halogenated alkanes) is 5. The molecule has 4 nitrogen and oxygen atoms in total. The maximum absolute atomic E-state index is 12.9. The van der Waals surface area contributed by atoms with E-state index in [0.717, 1.165) is 18.7 Å². The van der Waals surface area contributed by atoms with Crippen LogP contribution < -0.4 is 4.74 Å². The zero-order chi connectivity index (χ0) is 24.1. The van der Waals surface area contributed by atoms with Crippen molar-refractivity contribution in [1.82, 2.24) is 0 Å². The summed E-state index contributed by atoms with van der Waals surface area (Å²) in [6.45, 7) is 6.91. The molecule has 182 valence electrons. The Hall–Kier alpha value is -2.33. The van der Waals surface area contributed by atoms with Gasteiger partial charge >= 0.3 is 5.97 Å². The van der Waals surface area contributed by atoms with E-state index in [4.69, 9.17) is 9.47 Å². The lowest BCUT2D eigenvalue weighted by Crippen LogP contribution is -2.52. The van der Waals surface area contributed by atoms with Gasteiger partial charge in [0.05, 0.1) is 14.1 Å². The Balaban J connectivity index is 1.83. The molecule has 0 saturated heterocycles. The first-order chi connectivity index (χ1) is 15.9. The second-order valence-electron chi connectivity index (χ2n) is 9.65. The normalized spacial score (nSPS) is 13.4. The van der Waals surface area contributed by atoms with Gasteiger partial charge in [-0.15, -0.1) is 0 Å². The number of carbonyl (C=O) groups excluding carboxylic acids is 1. The molecule has 2 unspecified atom stereocenters. The molecular formula is C29H44NO3+. The molecule has 0 aromatic heterocycles. The van der Waals surface area contributed by atoms with Crippen molar-refractivity contribution in [3.8, 4) is 5.75 Å². The maximum atomic E-state index is 12.9. The number of carbonyl (C=O) groups is 1. The fourth-order valence-electron chi connectivity index (χ4n) is 3.89. The van der Waals surface area contributed by atoms with Gasteiger partial charge < -0.3 is 14.0 Å². The van der Waals surface area contributed by atoms with Crippen LogP contribution in [0.1, 0.15) is 76.8 Å². The lowest BCUT2D eigenvalue weighted by molar-refractivity contribution is -0.917. The molecule has 33 heavy (non-hydrogen) atoms. The van der Waals surface area contributed by atoms with E-state index < -0.39 is 6.29 Å². The topological polar surface area (TPSA) is 35.5 Å². The molecule has 0 heterocycles. The Bertz CT molecular complexity index is 801. The fourth-order valence-corrected chi connectivity index (χ4v) is 3.89. The first-order valence-electron chi connectivity index (χ1n) is 12.7. The molecule has 0 aliphatic rings. The Kier molecular flexibility index (Phi) is 11.5. The first-order valence-corrected chi connectivity index (χ1v) is 12.7.